The van der Waals surface area contributed by atoms with E-state index < -0.39 is 8.07 Å². The van der Waals surface area contributed by atoms with Crippen molar-refractivity contribution < 1.29 is 4.74 Å². The molecule has 0 fully saturated rings. The maximum absolute atomic E-state index is 5.96. The molecule has 0 bridgehead atoms. The molecule has 1 aliphatic carbocycles. The van der Waals surface area contributed by atoms with Gasteiger partial charge in [-0.2, -0.15) is 0 Å². The van der Waals surface area contributed by atoms with Gasteiger partial charge in [-0.25, -0.2) is 0 Å². The van der Waals surface area contributed by atoms with Crippen LogP contribution in [-0.2, 0) is 5.41 Å². The van der Waals surface area contributed by atoms with Crippen LogP contribution in [0.15, 0.2) is 41.1 Å². The van der Waals surface area contributed by atoms with Crippen LogP contribution in [0.5, 0.6) is 5.75 Å². The summed E-state index contributed by atoms with van der Waals surface area (Å²) in [4.78, 5) is 0. The molecule has 1 aromatic carbocycles. The molecule has 0 unspecified atom stereocenters. The van der Waals surface area contributed by atoms with Gasteiger partial charge in [0.15, 0.2) is 0 Å². The minimum Gasteiger partial charge on any atom is -0.497 e. The number of allylic oxidation sites excluding steroid dienone is 4. The molecule has 0 spiro atoms. The maximum atomic E-state index is 5.96. The van der Waals surface area contributed by atoms with Crippen LogP contribution in [0.2, 0.25) is 13.1 Å². The molecule has 0 saturated carbocycles. The summed E-state index contributed by atoms with van der Waals surface area (Å²) < 4.78 is 5.96. The van der Waals surface area contributed by atoms with Gasteiger partial charge < -0.3 is 4.74 Å². The number of benzene rings is 1. The molecule has 0 atom stereocenters. The van der Waals surface area contributed by atoms with Crippen LogP contribution in [0, 0.1) is 5.92 Å². The van der Waals surface area contributed by atoms with Gasteiger partial charge in [-0.05, 0) is 34.9 Å². The normalized spacial score (nSPS) is 15.5. The Morgan fingerprint density at radius 1 is 1.17 bits per heavy atom. The number of hydrogen-bond acceptors (Lipinski definition) is 1. The second-order valence-electron chi connectivity index (χ2n) is 8.97. The lowest BCUT2D eigenvalue weighted by Crippen LogP contribution is -2.45. The standard InChI is InChI=1S/C22H34OSi/c1-16(2)15-17-11-9-13-19(17)24(7,8)20-14-10-12-18(21(20)23-6)22(3,4)5/h9-12,14,16H,13,15H2,1-8H3. The van der Waals surface area contributed by atoms with Gasteiger partial charge in [0.2, 0.25) is 0 Å². The zero-order valence-electron chi connectivity index (χ0n) is 16.8. The van der Waals surface area contributed by atoms with Crippen molar-refractivity contribution in [3.63, 3.8) is 0 Å². The summed E-state index contributed by atoms with van der Waals surface area (Å²) in [6.07, 6.45) is 7.01. The average molecular weight is 343 g/mol. The Morgan fingerprint density at radius 3 is 2.38 bits per heavy atom. The monoisotopic (exact) mass is 342 g/mol. The van der Waals surface area contributed by atoms with E-state index in [1.807, 2.05) is 7.11 Å². The molecular formula is C22H34OSi. The Hall–Kier alpha value is -1.28. The summed E-state index contributed by atoms with van der Waals surface area (Å²) in [7, 11) is 0.0684. The molecule has 0 aliphatic heterocycles. The van der Waals surface area contributed by atoms with Gasteiger partial charge >= 0.3 is 0 Å². The molecule has 24 heavy (non-hydrogen) atoms. The first kappa shape index (κ1) is 19.0. The van der Waals surface area contributed by atoms with Crippen molar-refractivity contribution in [3.8, 4) is 5.75 Å². The van der Waals surface area contributed by atoms with E-state index in [0.717, 1.165) is 12.2 Å². The van der Waals surface area contributed by atoms with Gasteiger partial charge in [0.25, 0.3) is 0 Å². The van der Waals surface area contributed by atoms with Crippen molar-refractivity contribution in [2.75, 3.05) is 7.11 Å². The van der Waals surface area contributed by atoms with Crippen molar-refractivity contribution in [2.45, 2.75) is 66.0 Å². The third-order valence-electron chi connectivity index (χ3n) is 5.11. The van der Waals surface area contributed by atoms with Crippen LogP contribution in [0.1, 0.15) is 53.0 Å². The molecule has 2 heteroatoms. The number of ether oxygens (including phenoxy) is 1. The van der Waals surface area contributed by atoms with Crippen molar-refractivity contribution in [3.05, 3.63) is 46.7 Å². The summed E-state index contributed by atoms with van der Waals surface area (Å²) in [5, 5.41) is 3.12. The average Bonchev–Trinajstić information content (AvgIpc) is 2.93. The van der Waals surface area contributed by atoms with E-state index >= 15 is 0 Å². The molecule has 1 nitrogen and oxygen atoms in total. The molecule has 0 N–H and O–H groups in total. The van der Waals surface area contributed by atoms with Crippen LogP contribution >= 0.6 is 0 Å². The van der Waals surface area contributed by atoms with Crippen molar-refractivity contribution in [1.29, 1.82) is 0 Å². The highest BCUT2D eigenvalue weighted by molar-refractivity contribution is 6.96. The zero-order chi connectivity index (χ0) is 18.1. The Morgan fingerprint density at radius 2 is 1.83 bits per heavy atom. The zero-order valence-corrected chi connectivity index (χ0v) is 17.8. The quantitative estimate of drug-likeness (QED) is 0.619. The fourth-order valence-electron chi connectivity index (χ4n) is 3.84. The summed E-state index contributed by atoms with van der Waals surface area (Å²) in [6, 6.07) is 6.75. The molecular weight excluding hydrogens is 308 g/mol. The van der Waals surface area contributed by atoms with E-state index in [1.54, 1.807) is 10.8 Å². The van der Waals surface area contributed by atoms with E-state index in [-0.39, 0.29) is 5.41 Å². The van der Waals surface area contributed by atoms with Crippen LogP contribution in [-0.4, -0.2) is 15.2 Å². The van der Waals surface area contributed by atoms with E-state index in [2.05, 4.69) is 78.1 Å². The van der Waals surface area contributed by atoms with E-state index in [0.29, 0.717) is 5.92 Å². The summed E-state index contributed by atoms with van der Waals surface area (Å²) in [5.74, 6) is 1.82. The minimum atomic E-state index is -1.76. The van der Waals surface area contributed by atoms with Gasteiger partial charge in [0.1, 0.15) is 13.8 Å². The highest BCUT2D eigenvalue weighted by atomic mass is 28.3. The van der Waals surface area contributed by atoms with Crippen molar-refractivity contribution in [2.24, 2.45) is 5.92 Å². The predicted octanol–water partition coefficient (Wildman–Crippen LogP) is 5.75. The Balaban J connectivity index is 2.58. The fraction of sp³-hybridized carbons (Fsp3) is 0.545. The molecule has 1 aromatic rings. The van der Waals surface area contributed by atoms with Crippen molar-refractivity contribution in [1.82, 2.24) is 0 Å². The van der Waals surface area contributed by atoms with E-state index in [4.69, 9.17) is 4.74 Å². The van der Waals surface area contributed by atoms with Gasteiger partial charge in [-0.3, -0.25) is 0 Å². The van der Waals surface area contributed by atoms with E-state index in [1.165, 1.54) is 17.2 Å². The summed E-state index contributed by atoms with van der Waals surface area (Å²) >= 11 is 0. The smallest absolute Gasteiger partial charge is 0.122 e. The van der Waals surface area contributed by atoms with Gasteiger partial charge in [-0.15, -0.1) is 0 Å². The summed E-state index contributed by atoms with van der Waals surface area (Å²) in [6.45, 7) is 16.4. The van der Waals surface area contributed by atoms with Crippen LogP contribution in [0.25, 0.3) is 0 Å². The number of para-hydroxylation sites is 1. The van der Waals surface area contributed by atoms with Gasteiger partial charge in [0.05, 0.1) is 7.11 Å². The first-order valence-electron chi connectivity index (χ1n) is 9.16. The molecule has 0 radical (unpaired) electrons. The highest BCUT2D eigenvalue weighted by Crippen LogP contribution is 2.36. The van der Waals surface area contributed by atoms with Crippen LogP contribution in [0.4, 0.5) is 0 Å². The first-order chi connectivity index (χ1) is 11.1. The molecule has 2 rings (SSSR count). The van der Waals surface area contributed by atoms with Crippen LogP contribution in [0.3, 0.4) is 0 Å². The van der Waals surface area contributed by atoms with Crippen LogP contribution < -0.4 is 9.92 Å². The summed E-state index contributed by atoms with van der Waals surface area (Å²) in [5.41, 5.74) is 2.99. The molecule has 0 aromatic heterocycles. The molecule has 0 heterocycles. The van der Waals surface area contributed by atoms with Crippen molar-refractivity contribution >= 4 is 13.3 Å². The SMILES string of the molecule is COc1c(C(C)(C)C)cccc1[Si](C)(C)C1=C(CC(C)C)C=CC1. The predicted molar refractivity (Wildman–Crippen MR) is 109 cm³/mol. The van der Waals surface area contributed by atoms with Gasteiger partial charge in [0, 0.05) is 0 Å². The fourth-order valence-corrected chi connectivity index (χ4v) is 7.10. The molecule has 1 aliphatic rings. The molecule has 0 amide bonds. The first-order valence-corrected chi connectivity index (χ1v) is 12.2. The second-order valence-corrected chi connectivity index (χ2v) is 13.4. The Bertz CT molecular complexity index is 657. The lowest BCUT2D eigenvalue weighted by Gasteiger charge is -2.32. The number of rotatable bonds is 5. The lowest BCUT2D eigenvalue weighted by atomic mass is 9.86. The molecule has 132 valence electrons. The topological polar surface area (TPSA) is 9.23 Å². The third-order valence-corrected chi connectivity index (χ3v) is 8.89. The second kappa shape index (κ2) is 6.91. The largest absolute Gasteiger partial charge is 0.497 e. The minimum absolute atomic E-state index is 0.0922. The molecule has 0 saturated heterocycles. The maximum Gasteiger partial charge on any atom is 0.122 e. The van der Waals surface area contributed by atoms with Gasteiger partial charge in [-0.1, -0.05) is 88.8 Å². The number of methoxy groups -OCH3 is 1. The lowest BCUT2D eigenvalue weighted by molar-refractivity contribution is 0.400. The third kappa shape index (κ3) is 3.69. The number of hydrogen-bond donors (Lipinski definition) is 0. The Labute approximate surface area is 149 Å². The highest BCUT2D eigenvalue weighted by Gasteiger charge is 2.35. The van der Waals surface area contributed by atoms with E-state index in [9.17, 15) is 0 Å². The Kier molecular flexibility index (Phi) is 5.49.